The van der Waals surface area contributed by atoms with Crippen molar-refractivity contribution in [3.05, 3.63) is 29.8 Å². The zero-order valence-corrected chi connectivity index (χ0v) is 17.4. The summed E-state index contributed by atoms with van der Waals surface area (Å²) in [5, 5.41) is 2.59. The van der Waals surface area contributed by atoms with E-state index < -0.39 is 10.0 Å². The van der Waals surface area contributed by atoms with E-state index in [1.54, 1.807) is 11.9 Å². The van der Waals surface area contributed by atoms with Crippen molar-refractivity contribution < 1.29 is 18.0 Å². The molecule has 0 aliphatic carbocycles. The Labute approximate surface area is 166 Å². The van der Waals surface area contributed by atoms with Crippen molar-refractivity contribution in [1.29, 1.82) is 0 Å². The van der Waals surface area contributed by atoms with Crippen LogP contribution in [0.25, 0.3) is 0 Å². The third-order valence-electron chi connectivity index (χ3n) is 4.31. The summed E-state index contributed by atoms with van der Waals surface area (Å²) >= 11 is 0. The largest absolute Gasteiger partial charge is 0.354 e. The van der Waals surface area contributed by atoms with Crippen molar-refractivity contribution in [2.75, 3.05) is 39.8 Å². The van der Waals surface area contributed by atoms with Crippen LogP contribution in [0.3, 0.4) is 0 Å². The summed E-state index contributed by atoms with van der Waals surface area (Å²) in [5.41, 5.74) is 5.90. The van der Waals surface area contributed by atoms with Crippen LogP contribution in [-0.2, 0) is 14.8 Å². The Balaban J connectivity index is 0.00000364. The zero-order chi connectivity index (χ0) is 19.5. The van der Waals surface area contributed by atoms with E-state index in [2.05, 4.69) is 5.32 Å². The molecule has 0 atom stereocenters. The Kier molecular flexibility index (Phi) is 7.79. The minimum atomic E-state index is -3.76. The van der Waals surface area contributed by atoms with Gasteiger partial charge < -0.3 is 16.0 Å². The normalized spacial score (nSPS) is 15.6. The number of benzene rings is 1. The van der Waals surface area contributed by atoms with Gasteiger partial charge in [-0.15, -0.1) is 12.4 Å². The summed E-state index contributed by atoms with van der Waals surface area (Å²) in [4.78, 5) is 25.6. The lowest BCUT2D eigenvalue weighted by molar-refractivity contribution is -0.122. The molecule has 27 heavy (non-hydrogen) atoms. The highest BCUT2D eigenvalue weighted by Gasteiger charge is 2.29. The van der Waals surface area contributed by atoms with E-state index in [4.69, 9.17) is 5.73 Å². The van der Waals surface area contributed by atoms with Crippen LogP contribution in [0.5, 0.6) is 0 Å². The topological polar surface area (TPSA) is 113 Å². The van der Waals surface area contributed by atoms with Crippen LogP contribution >= 0.6 is 12.4 Å². The van der Waals surface area contributed by atoms with Gasteiger partial charge in [0.2, 0.25) is 15.9 Å². The summed E-state index contributed by atoms with van der Waals surface area (Å²) in [7, 11) is -2.07. The molecule has 2 amide bonds. The minimum absolute atomic E-state index is 0. The Morgan fingerprint density at radius 1 is 1.30 bits per heavy atom. The first-order valence-corrected chi connectivity index (χ1v) is 9.83. The molecule has 0 spiro atoms. The molecule has 3 N–H and O–H groups in total. The SMILES string of the molecule is CN(CC(C)(C)CN)C(=O)c1ccc(S(=O)(=O)N2CCNC(=O)C2)cc1.Cl. The Morgan fingerprint density at radius 3 is 2.41 bits per heavy atom. The standard InChI is InChI=1S/C17H26N4O4S.ClH/c1-17(2,11-18)12-20(3)16(23)13-4-6-14(7-5-13)26(24,25)21-9-8-19-15(22)10-21;/h4-7H,8-12,18H2,1-3H3,(H,19,22);1H. The van der Waals surface area contributed by atoms with E-state index in [-0.39, 0.29) is 54.2 Å². The van der Waals surface area contributed by atoms with Gasteiger partial charge in [0.1, 0.15) is 0 Å². The molecule has 1 fully saturated rings. The number of carbonyl (C=O) groups excluding carboxylic acids is 2. The van der Waals surface area contributed by atoms with Crippen LogP contribution in [-0.4, -0.2) is 69.2 Å². The summed E-state index contributed by atoms with van der Waals surface area (Å²) in [6.45, 7) is 5.21. The van der Waals surface area contributed by atoms with Crippen molar-refractivity contribution in [1.82, 2.24) is 14.5 Å². The van der Waals surface area contributed by atoms with Gasteiger partial charge in [-0.3, -0.25) is 9.59 Å². The monoisotopic (exact) mass is 418 g/mol. The molecule has 0 bridgehead atoms. The van der Waals surface area contributed by atoms with E-state index in [1.165, 1.54) is 24.3 Å². The number of hydrogen-bond donors (Lipinski definition) is 2. The van der Waals surface area contributed by atoms with E-state index >= 15 is 0 Å². The van der Waals surface area contributed by atoms with Crippen molar-refractivity contribution in [2.24, 2.45) is 11.1 Å². The summed E-state index contributed by atoms with van der Waals surface area (Å²) in [5.74, 6) is -0.524. The molecule has 1 saturated heterocycles. The second-order valence-electron chi connectivity index (χ2n) is 7.24. The van der Waals surface area contributed by atoms with E-state index in [1.807, 2.05) is 13.8 Å². The maximum Gasteiger partial charge on any atom is 0.253 e. The smallest absolute Gasteiger partial charge is 0.253 e. The molecule has 1 aromatic rings. The van der Waals surface area contributed by atoms with Gasteiger partial charge in [-0.25, -0.2) is 8.42 Å². The van der Waals surface area contributed by atoms with Gasteiger partial charge in [0.25, 0.3) is 5.91 Å². The Hall–Kier alpha value is -1.68. The molecule has 1 aromatic carbocycles. The van der Waals surface area contributed by atoms with Gasteiger partial charge >= 0.3 is 0 Å². The number of nitrogens with zero attached hydrogens (tertiary/aromatic N) is 2. The molecule has 10 heteroatoms. The molecule has 0 radical (unpaired) electrons. The first-order valence-electron chi connectivity index (χ1n) is 8.39. The molecular weight excluding hydrogens is 392 g/mol. The molecule has 0 aromatic heterocycles. The van der Waals surface area contributed by atoms with Crippen LogP contribution in [0.4, 0.5) is 0 Å². The van der Waals surface area contributed by atoms with Crippen LogP contribution in [0.2, 0.25) is 0 Å². The molecule has 1 aliphatic heterocycles. The molecule has 1 heterocycles. The number of halogens is 1. The molecule has 0 saturated carbocycles. The van der Waals surface area contributed by atoms with Crippen LogP contribution in [0, 0.1) is 5.41 Å². The van der Waals surface area contributed by atoms with Gasteiger partial charge in [-0.2, -0.15) is 4.31 Å². The highest BCUT2D eigenvalue weighted by atomic mass is 35.5. The fourth-order valence-corrected chi connectivity index (χ4v) is 4.13. The van der Waals surface area contributed by atoms with E-state index in [0.29, 0.717) is 18.7 Å². The highest BCUT2D eigenvalue weighted by Crippen LogP contribution is 2.19. The van der Waals surface area contributed by atoms with Gasteiger partial charge in [0, 0.05) is 32.2 Å². The van der Waals surface area contributed by atoms with Gasteiger partial charge in [-0.1, -0.05) is 13.8 Å². The first-order chi connectivity index (χ1) is 12.1. The second kappa shape index (κ2) is 9.01. The maximum absolute atomic E-state index is 12.6. The fourth-order valence-electron chi connectivity index (χ4n) is 2.74. The van der Waals surface area contributed by atoms with Gasteiger partial charge in [0.05, 0.1) is 11.4 Å². The lowest BCUT2D eigenvalue weighted by Crippen LogP contribution is -2.49. The first kappa shape index (κ1) is 23.4. The molecular formula is C17H27ClN4O4S. The van der Waals surface area contributed by atoms with Crippen LogP contribution < -0.4 is 11.1 Å². The predicted molar refractivity (Wildman–Crippen MR) is 105 cm³/mol. The minimum Gasteiger partial charge on any atom is -0.354 e. The number of nitrogens with one attached hydrogen (secondary N) is 1. The zero-order valence-electron chi connectivity index (χ0n) is 15.8. The average molecular weight is 419 g/mol. The third kappa shape index (κ3) is 5.65. The Morgan fingerprint density at radius 2 is 1.89 bits per heavy atom. The lowest BCUT2D eigenvalue weighted by atomic mass is 9.93. The number of piperazine rings is 1. The highest BCUT2D eigenvalue weighted by molar-refractivity contribution is 7.89. The molecule has 8 nitrogen and oxygen atoms in total. The average Bonchev–Trinajstić information content (AvgIpc) is 2.61. The van der Waals surface area contributed by atoms with Crippen LogP contribution in [0.1, 0.15) is 24.2 Å². The summed E-state index contributed by atoms with van der Waals surface area (Å²) in [6, 6.07) is 5.78. The lowest BCUT2D eigenvalue weighted by Gasteiger charge is -2.29. The van der Waals surface area contributed by atoms with Crippen LogP contribution in [0.15, 0.2) is 29.2 Å². The number of sulfonamides is 1. The van der Waals surface area contributed by atoms with Crippen molar-refractivity contribution >= 4 is 34.2 Å². The van der Waals surface area contributed by atoms with Crippen molar-refractivity contribution in [3.8, 4) is 0 Å². The van der Waals surface area contributed by atoms with E-state index in [9.17, 15) is 18.0 Å². The number of hydrogen-bond acceptors (Lipinski definition) is 5. The third-order valence-corrected chi connectivity index (χ3v) is 6.17. The molecule has 0 unspecified atom stereocenters. The van der Waals surface area contributed by atoms with Gasteiger partial charge in [0.15, 0.2) is 0 Å². The summed E-state index contributed by atoms with van der Waals surface area (Å²) in [6.07, 6.45) is 0. The second-order valence-corrected chi connectivity index (χ2v) is 9.18. The summed E-state index contributed by atoms with van der Waals surface area (Å²) < 4.78 is 26.4. The maximum atomic E-state index is 12.6. The van der Waals surface area contributed by atoms with Gasteiger partial charge in [-0.05, 0) is 36.2 Å². The number of carbonyl (C=O) groups is 2. The van der Waals surface area contributed by atoms with Crippen molar-refractivity contribution in [3.63, 3.8) is 0 Å². The Bertz CT molecular complexity index is 781. The number of rotatable bonds is 6. The molecule has 2 rings (SSSR count). The molecule has 152 valence electrons. The quantitative estimate of drug-likeness (QED) is 0.689. The number of nitrogens with two attached hydrogens (primary N) is 1. The molecule has 1 aliphatic rings. The number of amides is 2. The van der Waals surface area contributed by atoms with E-state index in [0.717, 1.165) is 4.31 Å². The van der Waals surface area contributed by atoms with Crippen molar-refractivity contribution in [2.45, 2.75) is 18.7 Å². The predicted octanol–water partition coefficient (Wildman–Crippen LogP) is 0.286. The fraction of sp³-hybridized carbons (Fsp3) is 0.529.